The summed E-state index contributed by atoms with van der Waals surface area (Å²) in [7, 11) is -4.15. The standard InChI is InChI=1S/C28H31Cl2N3O4S/c1-4-15-31-28(35)21(3)32(18-22-8-6-9-24(30)17-22)27(34)19-33(25-10-5-7-20(2)16-25)38(36,37)26-13-11-23(29)12-14-26/h5-14,16-17,21H,4,15,18-19H2,1-3H3,(H,31,35). The maximum Gasteiger partial charge on any atom is 0.264 e. The van der Waals surface area contributed by atoms with Crippen LogP contribution in [0.2, 0.25) is 10.0 Å². The number of aryl methyl sites for hydroxylation is 1. The van der Waals surface area contributed by atoms with Crippen molar-refractivity contribution in [2.45, 2.75) is 44.7 Å². The summed E-state index contributed by atoms with van der Waals surface area (Å²) in [6.07, 6.45) is 0.737. The van der Waals surface area contributed by atoms with Crippen LogP contribution in [-0.4, -0.2) is 44.3 Å². The number of halogens is 2. The first-order valence-electron chi connectivity index (χ1n) is 12.2. The second-order valence-electron chi connectivity index (χ2n) is 8.92. The van der Waals surface area contributed by atoms with E-state index in [0.717, 1.165) is 16.3 Å². The Morgan fingerprint density at radius 3 is 2.26 bits per heavy atom. The molecule has 1 atom stereocenters. The lowest BCUT2D eigenvalue weighted by molar-refractivity contribution is -0.139. The highest BCUT2D eigenvalue weighted by molar-refractivity contribution is 7.92. The number of benzene rings is 3. The van der Waals surface area contributed by atoms with Crippen LogP contribution in [0.15, 0.2) is 77.7 Å². The number of amides is 2. The fraction of sp³-hybridized carbons (Fsp3) is 0.286. The molecule has 0 saturated heterocycles. The lowest BCUT2D eigenvalue weighted by Gasteiger charge is -2.32. The smallest absolute Gasteiger partial charge is 0.264 e. The predicted molar refractivity (Wildman–Crippen MR) is 152 cm³/mol. The molecule has 202 valence electrons. The van der Waals surface area contributed by atoms with Crippen LogP contribution in [0.1, 0.15) is 31.4 Å². The SMILES string of the molecule is CCCNC(=O)C(C)N(Cc1cccc(Cl)c1)C(=O)CN(c1cccc(C)c1)S(=O)(=O)c1ccc(Cl)cc1. The molecule has 3 aromatic rings. The molecule has 2 amide bonds. The second kappa shape index (κ2) is 13.1. The average Bonchev–Trinajstić information content (AvgIpc) is 2.88. The first-order chi connectivity index (χ1) is 18.0. The van der Waals surface area contributed by atoms with Gasteiger partial charge in [0, 0.05) is 23.1 Å². The third kappa shape index (κ3) is 7.49. The number of nitrogens with one attached hydrogen (secondary N) is 1. The lowest BCUT2D eigenvalue weighted by atomic mass is 10.1. The van der Waals surface area contributed by atoms with Gasteiger partial charge >= 0.3 is 0 Å². The summed E-state index contributed by atoms with van der Waals surface area (Å²) >= 11 is 12.1. The van der Waals surface area contributed by atoms with Crippen LogP contribution in [0.25, 0.3) is 0 Å². The monoisotopic (exact) mass is 575 g/mol. The molecule has 0 radical (unpaired) electrons. The molecule has 0 heterocycles. The molecule has 0 spiro atoms. The van der Waals surface area contributed by atoms with Crippen LogP contribution in [0.4, 0.5) is 5.69 Å². The topological polar surface area (TPSA) is 86.8 Å². The Morgan fingerprint density at radius 2 is 1.63 bits per heavy atom. The molecule has 0 aliphatic rings. The number of anilines is 1. The summed E-state index contributed by atoms with van der Waals surface area (Å²) in [4.78, 5) is 28.1. The van der Waals surface area contributed by atoms with E-state index in [1.54, 1.807) is 49.4 Å². The van der Waals surface area contributed by atoms with Gasteiger partial charge in [-0.3, -0.25) is 13.9 Å². The van der Waals surface area contributed by atoms with Crippen LogP contribution in [-0.2, 0) is 26.2 Å². The molecule has 3 aromatic carbocycles. The highest BCUT2D eigenvalue weighted by atomic mass is 35.5. The summed E-state index contributed by atoms with van der Waals surface area (Å²) in [6, 6.07) is 18.8. The van der Waals surface area contributed by atoms with E-state index in [2.05, 4.69) is 5.32 Å². The number of hydrogen-bond donors (Lipinski definition) is 1. The molecule has 0 saturated carbocycles. The van der Waals surface area contributed by atoms with E-state index >= 15 is 0 Å². The number of carbonyl (C=O) groups excluding carboxylic acids is 2. The Balaban J connectivity index is 2.02. The van der Waals surface area contributed by atoms with Crippen LogP contribution < -0.4 is 9.62 Å². The zero-order valence-corrected chi connectivity index (χ0v) is 23.9. The van der Waals surface area contributed by atoms with E-state index in [9.17, 15) is 18.0 Å². The average molecular weight is 577 g/mol. The molecule has 0 aliphatic heterocycles. The molecule has 0 fully saturated rings. The summed E-state index contributed by atoms with van der Waals surface area (Å²) < 4.78 is 28.6. The van der Waals surface area contributed by atoms with Crippen molar-refractivity contribution in [1.82, 2.24) is 10.2 Å². The van der Waals surface area contributed by atoms with Gasteiger partial charge in [0.2, 0.25) is 11.8 Å². The summed E-state index contributed by atoms with van der Waals surface area (Å²) in [5.41, 5.74) is 1.87. The van der Waals surface area contributed by atoms with Gasteiger partial charge in [-0.2, -0.15) is 0 Å². The third-order valence-electron chi connectivity index (χ3n) is 5.93. The van der Waals surface area contributed by atoms with Gasteiger partial charge in [-0.25, -0.2) is 8.42 Å². The van der Waals surface area contributed by atoms with Gasteiger partial charge in [-0.15, -0.1) is 0 Å². The first-order valence-corrected chi connectivity index (χ1v) is 14.4. The quantitative estimate of drug-likeness (QED) is 0.330. The zero-order chi connectivity index (χ0) is 27.9. The van der Waals surface area contributed by atoms with E-state index in [-0.39, 0.29) is 17.3 Å². The first kappa shape index (κ1) is 29.5. The molecule has 0 aromatic heterocycles. The van der Waals surface area contributed by atoms with E-state index in [1.807, 2.05) is 19.9 Å². The minimum atomic E-state index is -4.15. The molecule has 1 N–H and O–H groups in total. The largest absolute Gasteiger partial charge is 0.354 e. The van der Waals surface area contributed by atoms with Gasteiger partial charge in [0.25, 0.3) is 10.0 Å². The predicted octanol–water partition coefficient (Wildman–Crippen LogP) is 5.44. The van der Waals surface area contributed by atoms with E-state index < -0.39 is 28.5 Å². The van der Waals surface area contributed by atoms with Gasteiger partial charge in [-0.1, -0.05) is 54.4 Å². The molecule has 3 rings (SSSR count). The number of sulfonamides is 1. The Kier molecular flexibility index (Phi) is 10.2. The molecule has 0 aliphatic carbocycles. The van der Waals surface area contributed by atoms with Crippen molar-refractivity contribution in [3.05, 3.63) is 94.0 Å². The van der Waals surface area contributed by atoms with Gasteiger partial charge in [0.15, 0.2) is 0 Å². The second-order valence-corrected chi connectivity index (χ2v) is 11.7. The maximum atomic E-state index is 13.8. The van der Waals surface area contributed by atoms with Crippen LogP contribution in [0.5, 0.6) is 0 Å². The Morgan fingerprint density at radius 1 is 0.947 bits per heavy atom. The summed E-state index contributed by atoms with van der Waals surface area (Å²) in [6.45, 7) is 5.41. The van der Waals surface area contributed by atoms with Crippen molar-refractivity contribution in [1.29, 1.82) is 0 Å². The van der Waals surface area contributed by atoms with Gasteiger partial charge < -0.3 is 10.2 Å². The van der Waals surface area contributed by atoms with Crippen LogP contribution in [0.3, 0.4) is 0 Å². The Labute approximate surface area is 234 Å². The minimum absolute atomic E-state index is 0.00802. The van der Waals surface area contributed by atoms with Crippen molar-refractivity contribution in [3.63, 3.8) is 0 Å². The number of rotatable bonds is 11. The molecule has 7 nitrogen and oxygen atoms in total. The molecule has 38 heavy (non-hydrogen) atoms. The molecule has 1 unspecified atom stereocenters. The lowest BCUT2D eigenvalue weighted by Crippen LogP contribution is -2.51. The minimum Gasteiger partial charge on any atom is -0.354 e. The van der Waals surface area contributed by atoms with Crippen LogP contribution >= 0.6 is 23.2 Å². The summed E-state index contributed by atoms with van der Waals surface area (Å²) in [5.74, 6) is -0.868. The number of nitrogens with zero attached hydrogens (tertiary/aromatic N) is 2. The fourth-order valence-corrected chi connectivity index (χ4v) is 5.60. The fourth-order valence-electron chi connectivity index (χ4n) is 3.86. The van der Waals surface area contributed by atoms with E-state index in [0.29, 0.717) is 27.8 Å². The highest BCUT2D eigenvalue weighted by Gasteiger charge is 2.32. The molecular weight excluding hydrogens is 545 g/mol. The molecule has 0 bridgehead atoms. The Hall–Kier alpha value is -3.07. The molecule has 10 heteroatoms. The Bertz CT molecular complexity index is 1380. The normalized spacial score (nSPS) is 12.0. The van der Waals surface area contributed by atoms with Crippen molar-refractivity contribution in [2.75, 3.05) is 17.4 Å². The maximum absolute atomic E-state index is 13.8. The summed E-state index contributed by atoms with van der Waals surface area (Å²) in [5, 5.41) is 3.70. The zero-order valence-electron chi connectivity index (χ0n) is 21.5. The van der Waals surface area contributed by atoms with Crippen molar-refractivity contribution >= 4 is 50.7 Å². The number of hydrogen-bond acceptors (Lipinski definition) is 4. The van der Waals surface area contributed by atoms with Gasteiger partial charge in [-0.05, 0) is 79.9 Å². The highest BCUT2D eigenvalue weighted by Crippen LogP contribution is 2.26. The molecular formula is C28H31Cl2N3O4S. The van der Waals surface area contributed by atoms with Crippen molar-refractivity contribution < 1.29 is 18.0 Å². The van der Waals surface area contributed by atoms with Gasteiger partial charge in [0.05, 0.1) is 10.6 Å². The van der Waals surface area contributed by atoms with Crippen molar-refractivity contribution in [2.24, 2.45) is 0 Å². The third-order valence-corrected chi connectivity index (χ3v) is 8.20. The van der Waals surface area contributed by atoms with Crippen molar-refractivity contribution in [3.8, 4) is 0 Å². The van der Waals surface area contributed by atoms with E-state index in [1.165, 1.54) is 29.2 Å². The van der Waals surface area contributed by atoms with Gasteiger partial charge in [0.1, 0.15) is 12.6 Å². The number of carbonyl (C=O) groups is 2. The van der Waals surface area contributed by atoms with E-state index in [4.69, 9.17) is 23.2 Å². The van der Waals surface area contributed by atoms with Crippen LogP contribution in [0, 0.1) is 6.92 Å².